The number of carbonyl (C=O) groups is 2. The van der Waals surface area contributed by atoms with Crippen LogP contribution in [-0.2, 0) is 32.6 Å². The van der Waals surface area contributed by atoms with Gasteiger partial charge in [0.15, 0.2) is 0 Å². The molecule has 0 aromatic heterocycles. The number of sulfonamides is 1. The van der Waals surface area contributed by atoms with Crippen molar-refractivity contribution in [2.45, 2.75) is 65.1 Å². The molecule has 1 N–H and O–H groups in total. The molecule has 0 aliphatic heterocycles. The number of amides is 2. The van der Waals surface area contributed by atoms with Gasteiger partial charge in [-0.25, -0.2) is 8.42 Å². The second-order valence-electron chi connectivity index (χ2n) is 11.6. The molecule has 0 radical (unpaired) electrons. The first kappa shape index (κ1) is 32.2. The second kappa shape index (κ2) is 13.5. The Morgan fingerprint density at radius 2 is 1.51 bits per heavy atom. The zero-order valence-electron chi connectivity index (χ0n) is 24.6. The molecule has 9 heteroatoms. The normalized spacial score (nSPS) is 12.6. The lowest BCUT2D eigenvalue weighted by molar-refractivity contribution is -0.140. The van der Waals surface area contributed by atoms with Crippen LogP contribution in [0.5, 0.6) is 0 Å². The fraction of sp³-hybridized carbons (Fsp3) is 0.375. The Morgan fingerprint density at radius 1 is 0.902 bits per heavy atom. The summed E-state index contributed by atoms with van der Waals surface area (Å²) in [5.41, 5.74) is 2.48. The quantitative estimate of drug-likeness (QED) is 0.303. The molecule has 7 nitrogen and oxygen atoms in total. The van der Waals surface area contributed by atoms with Gasteiger partial charge in [-0.15, -0.1) is 0 Å². The number of carbonyl (C=O) groups excluding carboxylic acids is 2. The van der Waals surface area contributed by atoms with Crippen LogP contribution in [0.15, 0.2) is 78.9 Å². The molecule has 1 atom stereocenters. The Labute approximate surface area is 249 Å². The lowest BCUT2D eigenvalue weighted by atomic mass is 10.0. The van der Waals surface area contributed by atoms with Crippen LogP contribution < -0.4 is 9.62 Å². The second-order valence-corrected chi connectivity index (χ2v) is 14.0. The number of rotatable bonds is 11. The van der Waals surface area contributed by atoms with E-state index in [1.807, 2.05) is 69.3 Å². The van der Waals surface area contributed by atoms with Gasteiger partial charge in [0.05, 0.1) is 11.9 Å². The van der Waals surface area contributed by atoms with Crippen LogP contribution in [0.25, 0.3) is 0 Å². The smallest absolute Gasteiger partial charge is 0.244 e. The van der Waals surface area contributed by atoms with Crippen LogP contribution in [0, 0.1) is 0 Å². The number of hydrogen-bond acceptors (Lipinski definition) is 4. The van der Waals surface area contributed by atoms with Gasteiger partial charge in [0, 0.05) is 23.5 Å². The average Bonchev–Trinajstić information content (AvgIpc) is 2.88. The summed E-state index contributed by atoms with van der Waals surface area (Å²) >= 11 is 6.26. The highest BCUT2D eigenvalue weighted by Gasteiger charge is 2.34. The van der Waals surface area contributed by atoms with Crippen LogP contribution in [0.3, 0.4) is 0 Å². The zero-order chi connectivity index (χ0) is 30.4. The van der Waals surface area contributed by atoms with E-state index in [9.17, 15) is 18.0 Å². The van der Waals surface area contributed by atoms with Crippen LogP contribution in [-0.4, -0.2) is 49.5 Å². The third kappa shape index (κ3) is 9.61. The molecule has 0 fully saturated rings. The van der Waals surface area contributed by atoms with Crippen molar-refractivity contribution in [3.8, 4) is 0 Å². The van der Waals surface area contributed by atoms with E-state index >= 15 is 0 Å². The van der Waals surface area contributed by atoms with E-state index in [4.69, 9.17) is 11.6 Å². The molecule has 0 saturated heterocycles. The number of hydrogen-bond donors (Lipinski definition) is 1. The highest BCUT2D eigenvalue weighted by Crippen LogP contribution is 2.24. The molecular weight excluding hydrogens is 558 g/mol. The van der Waals surface area contributed by atoms with Gasteiger partial charge in [0.2, 0.25) is 21.8 Å². The van der Waals surface area contributed by atoms with E-state index in [-0.39, 0.29) is 24.8 Å². The summed E-state index contributed by atoms with van der Waals surface area (Å²) in [7, 11) is -3.83. The summed E-state index contributed by atoms with van der Waals surface area (Å²) in [5.74, 6) is -0.567. The summed E-state index contributed by atoms with van der Waals surface area (Å²) in [4.78, 5) is 29.4. The van der Waals surface area contributed by atoms with Gasteiger partial charge in [-0.05, 0) is 67.6 Å². The predicted molar refractivity (Wildman–Crippen MR) is 167 cm³/mol. The predicted octanol–water partition coefficient (Wildman–Crippen LogP) is 5.78. The molecule has 3 aromatic rings. The van der Waals surface area contributed by atoms with Crippen LogP contribution >= 0.6 is 11.6 Å². The van der Waals surface area contributed by atoms with Gasteiger partial charge in [-0.1, -0.05) is 80.0 Å². The molecule has 0 unspecified atom stereocenters. The van der Waals surface area contributed by atoms with Crippen molar-refractivity contribution in [3.05, 3.63) is 101 Å². The number of nitrogens with one attached hydrogen (secondary N) is 1. The minimum Gasteiger partial charge on any atom is -0.350 e. The van der Waals surface area contributed by atoms with Crippen molar-refractivity contribution in [2.75, 3.05) is 17.1 Å². The molecule has 0 bridgehead atoms. The van der Waals surface area contributed by atoms with Crippen molar-refractivity contribution in [1.82, 2.24) is 10.2 Å². The number of benzene rings is 3. The fourth-order valence-corrected chi connectivity index (χ4v) is 5.54. The summed E-state index contributed by atoms with van der Waals surface area (Å²) in [6.07, 6.45) is 1.32. The maximum Gasteiger partial charge on any atom is 0.244 e. The maximum absolute atomic E-state index is 14.1. The molecule has 0 heterocycles. The molecule has 0 spiro atoms. The first-order chi connectivity index (χ1) is 19.1. The average molecular weight is 598 g/mol. The number of anilines is 1. The fourth-order valence-electron chi connectivity index (χ4n) is 4.48. The minimum absolute atomic E-state index is 0.0678. The standard InChI is InChI=1S/C32H40ClN3O4S/c1-23(2)26-15-17-28(18-16-26)36(41(6,39)40)22-30(37)35(21-25-13-10-14-27(33)19-25)29(31(38)34-32(3,4)5)20-24-11-8-7-9-12-24/h7-19,23,29H,20-22H2,1-6H3,(H,34,38)/t29-/m1/s1. The van der Waals surface area contributed by atoms with E-state index in [1.165, 1.54) is 4.90 Å². The largest absolute Gasteiger partial charge is 0.350 e. The lowest BCUT2D eigenvalue weighted by Gasteiger charge is -2.35. The van der Waals surface area contributed by atoms with E-state index in [1.54, 1.807) is 30.3 Å². The minimum atomic E-state index is -3.83. The van der Waals surface area contributed by atoms with E-state index in [0.717, 1.165) is 27.3 Å². The van der Waals surface area contributed by atoms with Crippen LogP contribution in [0.4, 0.5) is 5.69 Å². The van der Waals surface area contributed by atoms with E-state index < -0.39 is 34.1 Å². The van der Waals surface area contributed by atoms with Gasteiger partial charge in [0.25, 0.3) is 0 Å². The molecule has 0 aliphatic rings. The summed E-state index contributed by atoms with van der Waals surface area (Å²) in [5, 5.41) is 3.51. The van der Waals surface area contributed by atoms with E-state index in [0.29, 0.717) is 10.7 Å². The van der Waals surface area contributed by atoms with Crippen LogP contribution in [0.1, 0.15) is 57.2 Å². The summed E-state index contributed by atoms with van der Waals surface area (Å²) in [6, 6.07) is 22.8. The van der Waals surface area contributed by atoms with Crippen molar-refractivity contribution in [1.29, 1.82) is 0 Å². The maximum atomic E-state index is 14.1. The molecule has 0 saturated carbocycles. The number of halogens is 1. The van der Waals surface area contributed by atoms with Crippen molar-refractivity contribution in [3.63, 3.8) is 0 Å². The molecule has 3 rings (SSSR count). The monoisotopic (exact) mass is 597 g/mol. The van der Waals surface area contributed by atoms with Gasteiger partial charge >= 0.3 is 0 Å². The third-order valence-electron chi connectivity index (χ3n) is 6.54. The Hall–Kier alpha value is -3.36. The van der Waals surface area contributed by atoms with Crippen molar-refractivity contribution >= 4 is 39.1 Å². The van der Waals surface area contributed by atoms with Gasteiger partial charge < -0.3 is 10.2 Å². The topological polar surface area (TPSA) is 86.8 Å². The molecule has 3 aromatic carbocycles. The Kier molecular flexibility index (Phi) is 10.6. The van der Waals surface area contributed by atoms with Gasteiger partial charge in [0.1, 0.15) is 12.6 Å². The molecule has 2 amide bonds. The lowest BCUT2D eigenvalue weighted by Crippen LogP contribution is -2.56. The Balaban J connectivity index is 2.06. The molecular formula is C32H40ClN3O4S. The Morgan fingerprint density at radius 3 is 2.05 bits per heavy atom. The first-order valence-corrected chi connectivity index (χ1v) is 15.8. The third-order valence-corrected chi connectivity index (χ3v) is 7.91. The highest BCUT2D eigenvalue weighted by molar-refractivity contribution is 7.92. The highest BCUT2D eigenvalue weighted by atomic mass is 35.5. The SMILES string of the molecule is CC(C)c1ccc(N(CC(=O)N(Cc2cccc(Cl)c2)[C@H](Cc2ccccc2)C(=O)NC(C)(C)C)S(C)(=O)=O)cc1. The van der Waals surface area contributed by atoms with Crippen molar-refractivity contribution < 1.29 is 18.0 Å². The van der Waals surface area contributed by atoms with Gasteiger partial charge in [-0.3, -0.25) is 13.9 Å². The van der Waals surface area contributed by atoms with Crippen LogP contribution in [0.2, 0.25) is 5.02 Å². The first-order valence-electron chi connectivity index (χ1n) is 13.6. The summed E-state index contributed by atoms with van der Waals surface area (Å²) < 4.78 is 27.0. The van der Waals surface area contributed by atoms with Gasteiger partial charge in [-0.2, -0.15) is 0 Å². The molecule has 41 heavy (non-hydrogen) atoms. The molecule has 0 aliphatic carbocycles. The van der Waals surface area contributed by atoms with E-state index in [2.05, 4.69) is 19.2 Å². The number of nitrogens with zero attached hydrogens (tertiary/aromatic N) is 2. The zero-order valence-corrected chi connectivity index (χ0v) is 26.2. The Bertz CT molecular complexity index is 1440. The summed E-state index contributed by atoms with van der Waals surface area (Å²) in [6.45, 7) is 9.33. The molecule has 220 valence electrons. The van der Waals surface area contributed by atoms with Crippen molar-refractivity contribution in [2.24, 2.45) is 0 Å².